The standard InChI is InChI=1S/C12H24O2/c1-5-13-12(14-6-2)10-8-7-9-11(3)4/h12H,3,5-10H2,1-2,4H3. The predicted molar refractivity (Wildman–Crippen MR) is 60.3 cm³/mol. The van der Waals surface area contributed by atoms with Crippen LogP contribution in [0.15, 0.2) is 12.2 Å². The molecule has 0 fully saturated rings. The van der Waals surface area contributed by atoms with Crippen molar-refractivity contribution >= 4 is 0 Å². The Kier molecular flexibility index (Phi) is 9.00. The number of rotatable bonds is 9. The van der Waals surface area contributed by atoms with Crippen LogP contribution in [0.4, 0.5) is 0 Å². The predicted octanol–water partition coefficient (Wildman–Crippen LogP) is 3.52. The highest BCUT2D eigenvalue weighted by molar-refractivity contribution is 4.87. The van der Waals surface area contributed by atoms with Gasteiger partial charge in [0.2, 0.25) is 0 Å². The minimum Gasteiger partial charge on any atom is -0.353 e. The van der Waals surface area contributed by atoms with Crippen molar-refractivity contribution in [2.45, 2.75) is 52.7 Å². The molecule has 0 N–H and O–H groups in total. The normalized spacial score (nSPS) is 10.9. The van der Waals surface area contributed by atoms with Crippen LogP contribution in [-0.4, -0.2) is 19.5 Å². The van der Waals surface area contributed by atoms with Crippen molar-refractivity contribution in [1.29, 1.82) is 0 Å². The van der Waals surface area contributed by atoms with Crippen LogP contribution in [0.25, 0.3) is 0 Å². The maximum absolute atomic E-state index is 5.44. The number of ether oxygens (including phenoxy) is 2. The Morgan fingerprint density at radius 1 is 1.14 bits per heavy atom. The average molecular weight is 200 g/mol. The Balaban J connectivity index is 3.44. The summed E-state index contributed by atoms with van der Waals surface area (Å²) >= 11 is 0. The molecule has 0 heterocycles. The van der Waals surface area contributed by atoms with Gasteiger partial charge in [0.15, 0.2) is 6.29 Å². The lowest BCUT2D eigenvalue weighted by Crippen LogP contribution is -2.17. The molecule has 0 aliphatic rings. The molecule has 0 atom stereocenters. The molecular weight excluding hydrogens is 176 g/mol. The van der Waals surface area contributed by atoms with Crippen LogP contribution in [0.5, 0.6) is 0 Å². The third-order valence-corrected chi connectivity index (χ3v) is 2.00. The SMILES string of the molecule is C=C(C)CCCCC(OCC)OCC. The molecule has 0 saturated heterocycles. The van der Waals surface area contributed by atoms with E-state index in [1.165, 1.54) is 12.0 Å². The van der Waals surface area contributed by atoms with Crippen molar-refractivity contribution in [1.82, 2.24) is 0 Å². The molecule has 0 unspecified atom stereocenters. The second kappa shape index (κ2) is 9.22. The minimum atomic E-state index is -0.00452. The number of unbranched alkanes of at least 4 members (excludes halogenated alkanes) is 1. The maximum Gasteiger partial charge on any atom is 0.157 e. The third kappa shape index (κ3) is 8.27. The molecule has 0 spiro atoms. The largest absolute Gasteiger partial charge is 0.353 e. The second-order valence-corrected chi connectivity index (χ2v) is 3.54. The first-order chi connectivity index (χ1) is 6.70. The lowest BCUT2D eigenvalue weighted by Gasteiger charge is -2.16. The van der Waals surface area contributed by atoms with E-state index in [2.05, 4.69) is 13.5 Å². The molecule has 0 aliphatic heterocycles. The Morgan fingerprint density at radius 3 is 2.14 bits per heavy atom. The molecule has 2 nitrogen and oxygen atoms in total. The highest BCUT2D eigenvalue weighted by atomic mass is 16.7. The van der Waals surface area contributed by atoms with Gasteiger partial charge in [-0.3, -0.25) is 0 Å². The van der Waals surface area contributed by atoms with Gasteiger partial charge in [-0.15, -0.1) is 6.58 Å². The van der Waals surface area contributed by atoms with E-state index in [-0.39, 0.29) is 6.29 Å². The zero-order valence-electron chi connectivity index (χ0n) is 9.84. The number of hydrogen-bond donors (Lipinski definition) is 0. The molecule has 0 aliphatic carbocycles. The van der Waals surface area contributed by atoms with Gasteiger partial charge in [0, 0.05) is 13.2 Å². The van der Waals surface area contributed by atoms with Gasteiger partial charge in [-0.05, 0) is 46.5 Å². The van der Waals surface area contributed by atoms with Crippen molar-refractivity contribution in [3.05, 3.63) is 12.2 Å². The van der Waals surface area contributed by atoms with E-state index in [4.69, 9.17) is 9.47 Å². The zero-order chi connectivity index (χ0) is 10.8. The third-order valence-electron chi connectivity index (χ3n) is 2.00. The van der Waals surface area contributed by atoms with Crippen LogP contribution in [0.1, 0.15) is 46.5 Å². The first-order valence-corrected chi connectivity index (χ1v) is 5.58. The van der Waals surface area contributed by atoms with Crippen LogP contribution in [0.2, 0.25) is 0 Å². The van der Waals surface area contributed by atoms with Gasteiger partial charge in [-0.25, -0.2) is 0 Å². The van der Waals surface area contributed by atoms with Crippen molar-refractivity contribution in [3.63, 3.8) is 0 Å². The zero-order valence-corrected chi connectivity index (χ0v) is 9.84. The van der Waals surface area contributed by atoms with Crippen LogP contribution in [-0.2, 0) is 9.47 Å². The minimum absolute atomic E-state index is 0.00452. The molecule has 0 amide bonds. The van der Waals surface area contributed by atoms with E-state index >= 15 is 0 Å². The smallest absolute Gasteiger partial charge is 0.157 e. The van der Waals surface area contributed by atoms with Crippen LogP contribution >= 0.6 is 0 Å². The van der Waals surface area contributed by atoms with Crippen molar-refractivity contribution in [2.24, 2.45) is 0 Å². The second-order valence-electron chi connectivity index (χ2n) is 3.54. The molecule has 14 heavy (non-hydrogen) atoms. The summed E-state index contributed by atoms with van der Waals surface area (Å²) < 4.78 is 10.9. The van der Waals surface area contributed by atoms with Crippen LogP contribution in [0, 0.1) is 0 Å². The van der Waals surface area contributed by atoms with Gasteiger partial charge < -0.3 is 9.47 Å². The van der Waals surface area contributed by atoms with E-state index < -0.39 is 0 Å². The lowest BCUT2D eigenvalue weighted by molar-refractivity contribution is -0.140. The monoisotopic (exact) mass is 200 g/mol. The molecule has 0 aromatic rings. The average Bonchev–Trinajstić information content (AvgIpc) is 2.12. The maximum atomic E-state index is 5.44. The van der Waals surface area contributed by atoms with E-state index in [0.717, 1.165) is 32.5 Å². The van der Waals surface area contributed by atoms with Gasteiger partial charge >= 0.3 is 0 Å². The molecule has 0 radical (unpaired) electrons. The Morgan fingerprint density at radius 2 is 1.71 bits per heavy atom. The highest BCUT2D eigenvalue weighted by Gasteiger charge is 2.06. The van der Waals surface area contributed by atoms with Crippen molar-refractivity contribution in [2.75, 3.05) is 13.2 Å². The van der Waals surface area contributed by atoms with Crippen LogP contribution in [0.3, 0.4) is 0 Å². The Bertz CT molecular complexity index is 137. The summed E-state index contributed by atoms with van der Waals surface area (Å²) in [5.41, 5.74) is 1.26. The summed E-state index contributed by atoms with van der Waals surface area (Å²) in [4.78, 5) is 0. The fraction of sp³-hybridized carbons (Fsp3) is 0.833. The Labute approximate surface area is 88.3 Å². The van der Waals surface area contributed by atoms with Gasteiger partial charge in [0.1, 0.15) is 0 Å². The molecule has 0 bridgehead atoms. The fourth-order valence-electron chi connectivity index (χ4n) is 1.32. The van der Waals surface area contributed by atoms with Crippen molar-refractivity contribution < 1.29 is 9.47 Å². The van der Waals surface area contributed by atoms with Gasteiger partial charge in [-0.1, -0.05) is 5.57 Å². The first kappa shape index (κ1) is 13.7. The van der Waals surface area contributed by atoms with E-state index in [1.54, 1.807) is 0 Å². The molecule has 0 aromatic heterocycles. The molecule has 2 heteroatoms. The first-order valence-electron chi connectivity index (χ1n) is 5.58. The van der Waals surface area contributed by atoms with Gasteiger partial charge in [0.25, 0.3) is 0 Å². The van der Waals surface area contributed by atoms with E-state index in [0.29, 0.717) is 0 Å². The van der Waals surface area contributed by atoms with Gasteiger partial charge in [-0.2, -0.15) is 0 Å². The molecule has 0 aromatic carbocycles. The summed E-state index contributed by atoms with van der Waals surface area (Å²) in [6, 6.07) is 0. The summed E-state index contributed by atoms with van der Waals surface area (Å²) in [6.45, 7) is 11.4. The molecule has 84 valence electrons. The van der Waals surface area contributed by atoms with Crippen LogP contribution < -0.4 is 0 Å². The quantitative estimate of drug-likeness (QED) is 0.322. The number of allylic oxidation sites excluding steroid dienone is 1. The highest BCUT2D eigenvalue weighted by Crippen LogP contribution is 2.10. The topological polar surface area (TPSA) is 18.5 Å². The lowest BCUT2D eigenvalue weighted by atomic mass is 10.1. The van der Waals surface area contributed by atoms with Crippen molar-refractivity contribution in [3.8, 4) is 0 Å². The van der Waals surface area contributed by atoms with E-state index in [9.17, 15) is 0 Å². The molecular formula is C12H24O2. The summed E-state index contributed by atoms with van der Waals surface area (Å²) in [6.07, 6.45) is 4.44. The molecule has 0 saturated carbocycles. The summed E-state index contributed by atoms with van der Waals surface area (Å²) in [7, 11) is 0. The number of hydrogen-bond acceptors (Lipinski definition) is 2. The summed E-state index contributed by atoms with van der Waals surface area (Å²) in [5.74, 6) is 0. The summed E-state index contributed by atoms with van der Waals surface area (Å²) in [5, 5.41) is 0. The fourth-order valence-corrected chi connectivity index (χ4v) is 1.32. The Hall–Kier alpha value is -0.340. The van der Waals surface area contributed by atoms with E-state index in [1.807, 2.05) is 13.8 Å². The molecule has 0 rings (SSSR count). The van der Waals surface area contributed by atoms with Gasteiger partial charge in [0.05, 0.1) is 0 Å².